The maximum atomic E-state index is 12.2. The minimum atomic E-state index is -1.07. The van der Waals surface area contributed by atoms with Crippen molar-refractivity contribution in [2.75, 3.05) is 5.32 Å². The summed E-state index contributed by atoms with van der Waals surface area (Å²) in [4.78, 5) is 23.2. The molecule has 0 aliphatic rings. The van der Waals surface area contributed by atoms with E-state index in [9.17, 15) is 9.59 Å². The molecule has 0 fully saturated rings. The van der Waals surface area contributed by atoms with Crippen molar-refractivity contribution in [2.45, 2.75) is 0 Å². The normalized spacial score (nSPS) is 11.3. The van der Waals surface area contributed by atoms with Gasteiger partial charge in [0.15, 0.2) is 5.01 Å². The highest BCUT2D eigenvalue weighted by atomic mass is 35.5. The second kappa shape index (κ2) is 8.30. The van der Waals surface area contributed by atoms with Gasteiger partial charge in [-0.3, -0.25) is 4.79 Å². The number of rotatable bonds is 5. The number of aromatic nitrogens is 2. The van der Waals surface area contributed by atoms with E-state index in [1.54, 1.807) is 24.3 Å². The SMILES string of the molecule is O=C(O)c1ccc(/C=C(\Cl)c2nnc(C(=O)Nc3ccccc3)s2)c(Cl)c1. The van der Waals surface area contributed by atoms with Crippen molar-refractivity contribution in [3.8, 4) is 0 Å². The number of aromatic carboxylic acids is 1. The van der Waals surface area contributed by atoms with E-state index in [0.29, 0.717) is 16.3 Å². The molecule has 0 unspecified atom stereocenters. The molecular weight excluding hydrogens is 409 g/mol. The number of benzene rings is 2. The number of carbonyl (C=O) groups is 2. The first kappa shape index (κ1) is 19.0. The van der Waals surface area contributed by atoms with Gasteiger partial charge in [0.05, 0.1) is 10.6 Å². The fraction of sp³-hybridized carbons (Fsp3) is 0. The molecule has 2 N–H and O–H groups in total. The molecule has 1 heterocycles. The summed E-state index contributed by atoms with van der Waals surface area (Å²) in [5, 5.41) is 20.4. The zero-order valence-corrected chi connectivity index (χ0v) is 15.8. The van der Waals surface area contributed by atoms with Gasteiger partial charge in [-0.25, -0.2) is 4.79 Å². The van der Waals surface area contributed by atoms with Crippen LogP contribution in [0, 0.1) is 0 Å². The van der Waals surface area contributed by atoms with Crippen LogP contribution in [-0.4, -0.2) is 27.2 Å². The largest absolute Gasteiger partial charge is 0.478 e. The third-order valence-corrected chi connectivity index (χ3v) is 5.07. The summed E-state index contributed by atoms with van der Waals surface area (Å²) >= 11 is 13.4. The summed E-state index contributed by atoms with van der Waals surface area (Å²) in [5.41, 5.74) is 1.24. The Kier molecular flexibility index (Phi) is 5.85. The Labute approximate surface area is 168 Å². The lowest BCUT2D eigenvalue weighted by atomic mass is 10.1. The molecule has 6 nitrogen and oxygen atoms in total. The molecule has 1 aromatic heterocycles. The van der Waals surface area contributed by atoms with Gasteiger partial charge < -0.3 is 10.4 Å². The van der Waals surface area contributed by atoms with Crippen LogP contribution in [0.15, 0.2) is 48.5 Å². The molecule has 3 rings (SSSR count). The van der Waals surface area contributed by atoms with Gasteiger partial charge in [-0.15, -0.1) is 10.2 Å². The molecule has 2 aromatic carbocycles. The van der Waals surface area contributed by atoms with Crippen molar-refractivity contribution < 1.29 is 14.7 Å². The average molecular weight is 420 g/mol. The second-order valence-corrected chi connectivity index (χ2v) is 7.06. The molecule has 0 radical (unpaired) electrons. The van der Waals surface area contributed by atoms with E-state index in [1.165, 1.54) is 24.3 Å². The summed E-state index contributed by atoms with van der Waals surface area (Å²) < 4.78 is 0. The van der Waals surface area contributed by atoms with Gasteiger partial charge in [-0.05, 0) is 35.9 Å². The molecule has 0 aliphatic heterocycles. The smallest absolute Gasteiger partial charge is 0.335 e. The van der Waals surface area contributed by atoms with Gasteiger partial charge in [0.1, 0.15) is 0 Å². The lowest BCUT2D eigenvalue weighted by Gasteiger charge is -2.01. The highest BCUT2D eigenvalue weighted by Crippen LogP contribution is 2.28. The molecule has 27 heavy (non-hydrogen) atoms. The van der Waals surface area contributed by atoms with Crippen LogP contribution in [0.1, 0.15) is 30.7 Å². The van der Waals surface area contributed by atoms with Crippen molar-refractivity contribution in [1.82, 2.24) is 10.2 Å². The van der Waals surface area contributed by atoms with Crippen molar-refractivity contribution in [1.29, 1.82) is 0 Å². The van der Waals surface area contributed by atoms with Crippen LogP contribution < -0.4 is 5.32 Å². The first-order valence-electron chi connectivity index (χ1n) is 7.54. The maximum Gasteiger partial charge on any atom is 0.335 e. The number of carboxylic acids is 1. The number of carbonyl (C=O) groups excluding carboxylic acids is 1. The number of halogens is 2. The summed E-state index contributed by atoms with van der Waals surface area (Å²) in [6.45, 7) is 0. The fourth-order valence-corrected chi connectivity index (χ4v) is 3.25. The second-order valence-electron chi connectivity index (χ2n) is 5.27. The Hall–Kier alpha value is -2.74. The zero-order chi connectivity index (χ0) is 19.4. The number of nitrogens with one attached hydrogen (secondary N) is 1. The Balaban J connectivity index is 1.78. The van der Waals surface area contributed by atoms with Crippen LogP contribution in [-0.2, 0) is 0 Å². The summed E-state index contributed by atoms with van der Waals surface area (Å²) in [6, 6.07) is 13.3. The minimum absolute atomic E-state index is 0.0732. The quantitative estimate of drug-likeness (QED) is 0.614. The molecule has 9 heteroatoms. The average Bonchev–Trinajstić information content (AvgIpc) is 3.14. The predicted octanol–water partition coefficient (Wildman–Crippen LogP) is 4.88. The molecule has 0 saturated heterocycles. The van der Waals surface area contributed by atoms with Gasteiger partial charge >= 0.3 is 5.97 Å². The molecule has 0 saturated carbocycles. The molecule has 3 aromatic rings. The lowest BCUT2D eigenvalue weighted by Crippen LogP contribution is -2.11. The summed E-state index contributed by atoms with van der Waals surface area (Å²) in [7, 11) is 0. The van der Waals surface area contributed by atoms with Crippen LogP contribution in [0.3, 0.4) is 0 Å². The summed E-state index contributed by atoms with van der Waals surface area (Å²) in [5.74, 6) is -1.46. The Morgan fingerprint density at radius 2 is 1.78 bits per heavy atom. The number of anilines is 1. The first-order valence-corrected chi connectivity index (χ1v) is 9.11. The van der Waals surface area contributed by atoms with E-state index in [0.717, 1.165) is 11.3 Å². The molecule has 1 amide bonds. The molecule has 0 bridgehead atoms. The maximum absolute atomic E-state index is 12.2. The van der Waals surface area contributed by atoms with Gasteiger partial charge in [0.25, 0.3) is 5.91 Å². The molecule has 0 spiro atoms. The highest BCUT2D eigenvalue weighted by Gasteiger charge is 2.15. The predicted molar refractivity (Wildman–Crippen MR) is 106 cm³/mol. The van der Waals surface area contributed by atoms with Gasteiger partial charge in [0.2, 0.25) is 5.01 Å². The standard InChI is InChI=1S/C18H11Cl2N3O3S/c19-13-9-11(18(25)26)7-6-10(13)8-14(20)16-22-23-17(27-16)15(24)21-12-4-2-1-3-5-12/h1-9H,(H,21,24)(H,25,26)/b14-8-. The van der Waals surface area contributed by atoms with Crippen LogP contribution in [0.2, 0.25) is 5.02 Å². The molecular formula is C18H11Cl2N3O3S. The van der Waals surface area contributed by atoms with E-state index < -0.39 is 11.9 Å². The van der Waals surface area contributed by atoms with E-state index in [2.05, 4.69) is 15.5 Å². The van der Waals surface area contributed by atoms with Crippen molar-refractivity contribution in [3.63, 3.8) is 0 Å². The number of nitrogens with zero attached hydrogens (tertiary/aromatic N) is 2. The number of hydrogen-bond donors (Lipinski definition) is 2. The lowest BCUT2D eigenvalue weighted by molar-refractivity contribution is 0.0696. The van der Waals surface area contributed by atoms with Crippen LogP contribution in [0.4, 0.5) is 5.69 Å². The number of hydrogen-bond acceptors (Lipinski definition) is 5. The topological polar surface area (TPSA) is 92.2 Å². The third-order valence-electron chi connectivity index (χ3n) is 3.38. The monoisotopic (exact) mass is 419 g/mol. The molecule has 0 atom stereocenters. The molecule has 0 aliphatic carbocycles. The van der Waals surface area contributed by atoms with E-state index in [-0.39, 0.29) is 20.6 Å². The first-order chi connectivity index (χ1) is 12.9. The number of amides is 1. The Morgan fingerprint density at radius 1 is 1.07 bits per heavy atom. The zero-order valence-electron chi connectivity index (χ0n) is 13.5. The van der Waals surface area contributed by atoms with Crippen molar-refractivity contribution in [2.24, 2.45) is 0 Å². The van der Waals surface area contributed by atoms with Gasteiger partial charge in [0, 0.05) is 10.7 Å². The molecule has 136 valence electrons. The van der Waals surface area contributed by atoms with Gasteiger partial charge in [-0.2, -0.15) is 0 Å². The van der Waals surface area contributed by atoms with E-state index in [1.807, 2.05) is 6.07 Å². The van der Waals surface area contributed by atoms with Crippen LogP contribution in [0.25, 0.3) is 11.1 Å². The fourth-order valence-electron chi connectivity index (χ4n) is 2.09. The van der Waals surface area contributed by atoms with Crippen molar-refractivity contribution >= 4 is 63.2 Å². The Bertz CT molecular complexity index is 1040. The minimum Gasteiger partial charge on any atom is -0.478 e. The van der Waals surface area contributed by atoms with E-state index >= 15 is 0 Å². The van der Waals surface area contributed by atoms with Crippen molar-refractivity contribution in [3.05, 3.63) is 74.7 Å². The highest BCUT2D eigenvalue weighted by molar-refractivity contribution is 7.15. The van der Waals surface area contributed by atoms with Crippen LogP contribution in [0.5, 0.6) is 0 Å². The third kappa shape index (κ3) is 4.71. The number of carboxylic acid groups (broad SMARTS) is 1. The number of para-hydroxylation sites is 1. The van der Waals surface area contributed by atoms with Gasteiger partial charge in [-0.1, -0.05) is 58.8 Å². The van der Waals surface area contributed by atoms with Crippen LogP contribution >= 0.6 is 34.5 Å². The Morgan fingerprint density at radius 3 is 2.44 bits per heavy atom. The summed E-state index contributed by atoms with van der Waals surface area (Å²) in [6.07, 6.45) is 1.54. The van der Waals surface area contributed by atoms with E-state index in [4.69, 9.17) is 28.3 Å².